The summed E-state index contributed by atoms with van der Waals surface area (Å²) >= 11 is 1.69. The van der Waals surface area contributed by atoms with E-state index in [0.29, 0.717) is 23.3 Å². The summed E-state index contributed by atoms with van der Waals surface area (Å²) in [5, 5.41) is 2.22. The molecule has 0 unspecified atom stereocenters. The van der Waals surface area contributed by atoms with Gasteiger partial charge in [-0.3, -0.25) is 0 Å². The number of aromatic nitrogens is 5. The molecule has 0 saturated carbocycles. The van der Waals surface area contributed by atoms with E-state index >= 15 is 0 Å². The Morgan fingerprint density at radius 3 is 1.10 bits per heavy atom. The highest BCUT2D eigenvalue weighted by Gasteiger charge is 2.20. The molecule has 0 spiro atoms. The summed E-state index contributed by atoms with van der Waals surface area (Å²) in [4.78, 5) is 27.1. The molecule has 286 valence electrons. The van der Waals surface area contributed by atoms with E-state index in [-0.39, 0.29) is 0 Å². The van der Waals surface area contributed by atoms with Crippen molar-refractivity contribution in [3.8, 4) is 90.2 Å². The summed E-state index contributed by atoms with van der Waals surface area (Å²) in [6.07, 6.45) is 0. The monoisotopic (exact) mass is 797 g/mol. The smallest absolute Gasteiger partial charge is 0.164 e. The zero-order chi connectivity index (χ0) is 40.5. The predicted octanol–water partition coefficient (Wildman–Crippen LogP) is 14.4. The van der Waals surface area contributed by atoms with Crippen molar-refractivity contribution in [1.29, 1.82) is 0 Å². The van der Waals surface area contributed by atoms with Crippen molar-refractivity contribution in [2.75, 3.05) is 0 Å². The molecule has 5 nitrogen and oxygen atoms in total. The lowest BCUT2D eigenvalue weighted by Gasteiger charge is -2.15. The third-order valence-corrected chi connectivity index (χ3v) is 12.0. The van der Waals surface area contributed by atoms with Gasteiger partial charge in [-0.2, -0.15) is 0 Å². The lowest BCUT2D eigenvalue weighted by atomic mass is 9.91. The zero-order valence-electron chi connectivity index (χ0n) is 32.9. The Bertz CT molecular complexity index is 3080. The minimum absolute atomic E-state index is 0.560. The highest BCUT2D eigenvalue weighted by Crippen LogP contribution is 2.41. The van der Waals surface area contributed by atoms with E-state index in [1.807, 2.05) is 66.7 Å². The standard InChI is InChI=1S/C55H35N5S/c1-6-18-36(19-7-1)41-30-42(37-20-8-2-9-21-37)32-43(31-41)44-33-45(53-56-50(38-22-10-3-11-23-38)49-47-28-16-17-29-48(47)61-55(49)60-53)35-46(34-44)54-58-51(39-24-12-4-13-25-39)57-52(59-54)40-26-14-5-15-27-40/h1-35H. The molecule has 6 heteroatoms. The summed E-state index contributed by atoms with van der Waals surface area (Å²) in [6.45, 7) is 0. The van der Waals surface area contributed by atoms with E-state index in [2.05, 4.69) is 146 Å². The molecule has 0 N–H and O–H groups in total. The molecule has 61 heavy (non-hydrogen) atoms. The van der Waals surface area contributed by atoms with Crippen molar-refractivity contribution in [3.05, 3.63) is 212 Å². The normalized spacial score (nSPS) is 11.3. The van der Waals surface area contributed by atoms with Crippen molar-refractivity contribution in [2.24, 2.45) is 0 Å². The first-order valence-electron chi connectivity index (χ1n) is 20.2. The Morgan fingerprint density at radius 2 is 0.607 bits per heavy atom. The van der Waals surface area contributed by atoms with Gasteiger partial charge in [0, 0.05) is 43.3 Å². The van der Waals surface area contributed by atoms with Crippen molar-refractivity contribution < 1.29 is 0 Å². The lowest BCUT2D eigenvalue weighted by Crippen LogP contribution is -2.01. The summed E-state index contributed by atoms with van der Waals surface area (Å²) in [5.74, 6) is 2.39. The third kappa shape index (κ3) is 7.16. The number of thiophene rings is 1. The maximum atomic E-state index is 5.44. The van der Waals surface area contributed by atoms with E-state index in [0.717, 1.165) is 82.5 Å². The first kappa shape index (κ1) is 36.2. The van der Waals surface area contributed by atoms with Crippen LogP contribution in [0.3, 0.4) is 0 Å². The highest BCUT2D eigenvalue weighted by atomic mass is 32.1. The van der Waals surface area contributed by atoms with Crippen LogP contribution in [0.5, 0.6) is 0 Å². The topological polar surface area (TPSA) is 64.5 Å². The van der Waals surface area contributed by atoms with Crippen LogP contribution >= 0.6 is 11.3 Å². The second-order valence-corrected chi connectivity index (χ2v) is 15.9. The lowest BCUT2D eigenvalue weighted by molar-refractivity contribution is 1.07. The maximum Gasteiger partial charge on any atom is 0.164 e. The molecular weight excluding hydrogens is 763 g/mol. The van der Waals surface area contributed by atoms with Crippen molar-refractivity contribution in [1.82, 2.24) is 24.9 Å². The van der Waals surface area contributed by atoms with Crippen LogP contribution in [0, 0.1) is 0 Å². The number of fused-ring (bicyclic) bond motifs is 3. The van der Waals surface area contributed by atoms with Gasteiger partial charge in [0.15, 0.2) is 23.3 Å². The number of rotatable bonds is 8. The molecule has 0 saturated heterocycles. The fraction of sp³-hybridized carbons (Fsp3) is 0. The van der Waals surface area contributed by atoms with E-state index in [1.165, 1.54) is 4.70 Å². The number of hydrogen-bond donors (Lipinski definition) is 0. The molecule has 0 aliphatic rings. The minimum Gasteiger partial charge on any atom is -0.227 e. The van der Waals surface area contributed by atoms with E-state index in [4.69, 9.17) is 24.9 Å². The van der Waals surface area contributed by atoms with Gasteiger partial charge in [0.2, 0.25) is 0 Å². The van der Waals surface area contributed by atoms with E-state index in [9.17, 15) is 0 Å². The van der Waals surface area contributed by atoms with Crippen LogP contribution in [0.1, 0.15) is 0 Å². The molecule has 0 bridgehead atoms. The Morgan fingerprint density at radius 1 is 0.262 bits per heavy atom. The van der Waals surface area contributed by atoms with Gasteiger partial charge in [-0.1, -0.05) is 170 Å². The summed E-state index contributed by atoms with van der Waals surface area (Å²) < 4.78 is 1.17. The number of hydrogen-bond acceptors (Lipinski definition) is 6. The molecule has 0 amide bonds. The predicted molar refractivity (Wildman–Crippen MR) is 252 cm³/mol. The van der Waals surface area contributed by atoms with Gasteiger partial charge in [0.1, 0.15) is 4.83 Å². The van der Waals surface area contributed by atoms with Gasteiger partial charge in [-0.15, -0.1) is 11.3 Å². The van der Waals surface area contributed by atoms with Crippen LogP contribution in [0.25, 0.3) is 110 Å². The largest absolute Gasteiger partial charge is 0.227 e. The molecule has 0 aliphatic heterocycles. The molecule has 11 rings (SSSR count). The summed E-state index contributed by atoms with van der Waals surface area (Å²) in [7, 11) is 0. The first-order chi connectivity index (χ1) is 30.2. The van der Waals surface area contributed by atoms with Crippen molar-refractivity contribution >= 4 is 31.6 Å². The van der Waals surface area contributed by atoms with Crippen LogP contribution < -0.4 is 0 Å². The molecule has 0 atom stereocenters. The Balaban J connectivity index is 1.19. The van der Waals surface area contributed by atoms with E-state index in [1.54, 1.807) is 11.3 Å². The van der Waals surface area contributed by atoms with Gasteiger partial charge < -0.3 is 0 Å². The second-order valence-electron chi connectivity index (χ2n) is 14.9. The average molecular weight is 798 g/mol. The Labute approximate surface area is 357 Å². The number of nitrogens with zero attached hydrogens (tertiary/aromatic N) is 5. The van der Waals surface area contributed by atoms with Gasteiger partial charge in [0.05, 0.1) is 5.69 Å². The fourth-order valence-electron chi connectivity index (χ4n) is 7.94. The molecule has 0 radical (unpaired) electrons. The summed E-state index contributed by atoms with van der Waals surface area (Å²) in [6, 6.07) is 73.6. The molecule has 8 aromatic carbocycles. The molecule has 0 fully saturated rings. The van der Waals surface area contributed by atoms with Crippen LogP contribution in [0.15, 0.2) is 212 Å². The first-order valence-corrected chi connectivity index (χ1v) is 21.1. The fourth-order valence-corrected chi connectivity index (χ4v) is 9.01. The third-order valence-electron chi connectivity index (χ3n) is 10.9. The van der Waals surface area contributed by atoms with Crippen molar-refractivity contribution in [2.45, 2.75) is 0 Å². The Hall–Kier alpha value is -7.93. The Kier molecular flexibility index (Phi) is 9.30. The minimum atomic E-state index is 0.560. The summed E-state index contributed by atoms with van der Waals surface area (Å²) in [5.41, 5.74) is 12.0. The van der Waals surface area contributed by atoms with E-state index < -0.39 is 0 Å². The molecule has 0 aliphatic carbocycles. The van der Waals surface area contributed by atoms with Crippen molar-refractivity contribution in [3.63, 3.8) is 0 Å². The molecule has 11 aromatic rings. The second kappa shape index (κ2) is 15.7. The quantitative estimate of drug-likeness (QED) is 0.153. The highest BCUT2D eigenvalue weighted by molar-refractivity contribution is 7.25. The molecular formula is C55H35N5S. The molecule has 3 heterocycles. The van der Waals surface area contributed by atoms with Gasteiger partial charge >= 0.3 is 0 Å². The van der Waals surface area contributed by atoms with Crippen LogP contribution in [0.4, 0.5) is 0 Å². The molecule has 3 aromatic heterocycles. The van der Waals surface area contributed by atoms with Gasteiger partial charge in [0.25, 0.3) is 0 Å². The van der Waals surface area contributed by atoms with Crippen LogP contribution in [0.2, 0.25) is 0 Å². The SMILES string of the molecule is c1ccc(-c2cc(-c3ccccc3)cc(-c3cc(-c4nc(-c5ccccc5)nc(-c5ccccc5)n4)cc(-c4nc(-c5ccccc5)c5c(n4)sc4ccccc45)c3)c2)cc1. The maximum absolute atomic E-state index is 5.44. The zero-order valence-corrected chi connectivity index (χ0v) is 33.7. The number of benzene rings is 8. The van der Waals surface area contributed by atoms with Crippen LogP contribution in [-0.2, 0) is 0 Å². The average Bonchev–Trinajstić information content (AvgIpc) is 3.73. The van der Waals surface area contributed by atoms with Crippen LogP contribution in [-0.4, -0.2) is 24.9 Å². The van der Waals surface area contributed by atoms with Gasteiger partial charge in [-0.05, 0) is 75.8 Å². The van der Waals surface area contributed by atoms with Gasteiger partial charge in [-0.25, -0.2) is 24.9 Å².